The van der Waals surface area contributed by atoms with E-state index in [0.717, 1.165) is 17.7 Å². The maximum absolute atomic E-state index is 12.2. The SMILES string of the molecule is Oc1ncnc2sc(C(F)F)nc12. The van der Waals surface area contributed by atoms with Crippen LogP contribution < -0.4 is 0 Å². The molecule has 0 atom stereocenters. The van der Waals surface area contributed by atoms with Crippen LogP contribution in [-0.2, 0) is 0 Å². The molecule has 0 radical (unpaired) electrons. The van der Waals surface area contributed by atoms with Gasteiger partial charge in [0.15, 0.2) is 15.4 Å². The number of thiazole rings is 1. The van der Waals surface area contributed by atoms with Crippen LogP contribution in [0, 0.1) is 0 Å². The maximum Gasteiger partial charge on any atom is 0.289 e. The summed E-state index contributed by atoms with van der Waals surface area (Å²) in [5.41, 5.74) is 0.0304. The summed E-state index contributed by atoms with van der Waals surface area (Å²) >= 11 is 0.747. The number of fused-ring (bicyclic) bond motifs is 1. The predicted molar refractivity (Wildman–Crippen MR) is 41.8 cm³/mol. The largest absolute Gasteiger partial charge is 0.492 e. The van der Waals surface area contributed by atoms with E-state index in [1.807, 2.05) is 0 Å². The van der Waals surface area contributed by atoms with Crippen molar-refractivity contribution in [3.05, 3.63) is 11.3 Å². The van der Waals surface area contributed by atoms with Gasteiger partial charge in [-0.3, -0.25) is 0 Å². The zero-order chi connectivity index (χ0) is 9.42. The van der Waals surface area contributed by atoms with E-state index in [2.05, 4.69) is 15.0 Å². The third-order valence-corrected chi connectivity index (χ3v) is 2.35. The third-order valence-electron chi connectivity index (χ3n) is 1.38. The summed E-state index contributed by atoms with van der Waals surface area (Å²) in [6.45, 7) is 0. The number of aromatic nitrogens is 3. The first-order chi connectivity index (χ1) is 6.18. The normalized spacial score (nSPS) is 11.3. The maximum atomic E-state index is 12.2. The number of hydrogen-bond acceptors (Lipinski definition) is 5. The molecule has 0 spiro atoms. The predicted octanol–water partition coefficient (Wildman–Crippen LogP) is 1.73. The summed E-state index contributed by atoms with van der Waals surface area (Å²) in [6, 6.07) is 0. The molecular formula is C6H3F2N3OS. The Hall–Kier alpha value is -1.37. The van der Waals surface area contributed by atoms with E-state index in [9.17, 15) is 8.78 Å². The second-order valence-corrected chi connectivity index (χ2v) is 3.21. The summed E-state index contributed by atoms with van der Waals surface area (Å²) in [7, 11) is 0. The molecule has 2 aromatic heterocycles. The third kappa shape index (κ3) is 1.31. The van der Waals surface area contributed by atoms with Crippen LogP contribution in [0.15, 0.2) is 6.33 Å². The molecule has 0 aromatic carbocycles. The van der Waals surface area contributed by atoms with Gasteiger partial charge in [0.2, 0.25) is 5.88 Å². The highest BCUT2D eigenvalue weighted by molar-refractivity contribution is 7.18. The van der Waals surface area contributed by atoms with Crippen LogP contribution in [0.5, 0.6) is 5.88 Å². The van der Waals surface area contributed by atoms with Crippen LogP contribution in [0.1, 0.15) is 11.4 Å². The lowest BCUT2D eigenvalue weighted by Crippen LogP contribution is -1.81. The molecule has 0 saturated heterocycles. The van der Waals surface area contributed by atoms with Gasteiger partial charge in [-0.2, -0.15) is 4.98 Å². The lowest BCUT2D eigenvalue weighted by molar-refractivity contribution is 0.151. The number of aromatic hydroxyl groups is 1. The topological polar surface area (TPSA) is 58.9 Å². The van der Waals surface area contributed by atoms with Gasteiger partial charge in [0.05, 0.1) is 0 Å². The molecule has 0 fully saturated rings. The van der Waals surface area contributed by atoms with Crippen molar-refractivity contribution in [1.82, 2.24) is 15.0 Å². The first kappa shape index (κ1) is 8.24. The lowest BCUT2D eigenvalue weighted by Gasteiger charge is -1.88. The second-order valence-electron chi connectivity index (χ2n) is 2.20. The zero-order valence-electron chi connectivity index (χ0n) is 6.11. The van der Waals surface area contributed by atoms with Gasteiger partial charge in [0.25, 0.3) is 6.43 Å². The molecule has 0 aliphatic carbocycles. The van der Waals surface area contributed by atoms with Crippen LogP contribution in [0.2, 0.25) is 0 Å². The van der Waals surface area contributed by atoms with Crippen LogP contribution in [-0.4, -0.2) is 20.1 Å². The van der Waals surface area contributed by atoms with Crippen LogP contribution >= 0.6 is 11.3 Å². The van der Waals surface area contributed by atoms with Gasteiger partial charge in [-0.15, -0.1) is 0 Å². The van der Waals surface area contributed by atoms with Gasteiger partial charge < -0.3 is 5.11 Å². The van der Waals surface area contributed by atoms with Crippen molar-refractivity contribution in [1.29, 1.82) is 0 Å². The van der Waals surface area contributed by atoms with Gasteiger partial charge in [-0.25, -0.2) is 18.7 Å². The van der Waals surface area contributed by atoms with E-state index >= 15 is 0 Å². The van der Waals surface area contributed by atoms with E-state index in [0.29, 0.717) is 0 Å². The quantitative estimate of drug-likeness (QED) is 0.766. The minimum atomic E-state index is -2.64. The number of alkyl halides is 2. The van der Waals surface area contributed by atoms with Crippen molar-refractivity contribution < 1.29 is 13.9 Å². The molecule has 4 nitrogen and oxygen atoms in total. The molecule has 2 aromatic rings. The van der Waals surface area contributed by atoms with Gasteiger partial charge in [0.1, 0.15) is 6.33 Å². The number of halogens is 2. The highest BCUT2D eigenvalue weighted by atomic mass is 32.1. The Bertz CT molecular complexity index is 444. The number of rotatable bonds is 1. The average Bonchev–Trinajstić information content (AvgIpc) is 2.49. The van der Waals surface area contributed by atoms with Gasteiger partial charge in [-0.1, -0.05) is 11.3 Å². The van der Waals surface area contributed by atoms with Crippen LogP contribution in [0.25, 0.3) is 10.3 Å². The molecule has 7 heteroatoms. The fourth-order valence-corrected chi connectivity index (χ4v) is 1.61. The van der Waals surface area contributed by atoms with Crippen molar-refractivity contribution >= 4 is 21.7 Å². The van der Waals surface area contributed by atoms with E-state index in [1.54, 1.807) is 0 Å². The first-order valence-electron chi connectivity index (χ1n) is 3.27. The lowest BCUT2D eigenvalue weighted by atomic mass is 10.5. The van der Waals surface area contributed by atoms with E-state index in [4.69, 9.17) is 5.11 Å². The molecule has 68 valence electrons. The van der Waals surface area contributed by atoms with Crippen LogP contribution in [0.4, 0.5) is 8.78 Å². The first-order valence-corrected chi connectivity index (χ1v) is 4.08. The van der Waals surface area contributed by atoms with Gasteiger partial charge in [-0.05, 0) is 0 Å². The minimum absolute atomic E-state index is 0.0304. The second kappa shape index (κ2) is 2.84. The molecule has 0 amide bonds. The number of nitrogens with zero attached hydrogens (tertiary/aromatic N) is 3. The standard InChI is InChI=1S/C6H3F2N3OS/c7-3(8)6-11-2-4(12)9-1-10-5(2)13-6/h1,3H,(H,9,10,12). The molecule has 13 heavy (non-hydrogen) atoms. The fourth-order valence-electron chi connectivity index (χ4n) is 0.852. The highest BCUT2D eigenvalue weighted by Gasteiger charge is 2.16. The molecule has 2 rings (SSSR count). The molecule has 0 bridgehead atoms. The Balaban J connectivity index is 2.68. The Morgan fingerprint density at radius 2 is 2.15 bits per heavy atom. The summed E-state index contributed by atoms with van der Waals surface area (Å²) in [5, 5.41) is 8.76. The highest BCUT2D eigenvalue weighted by Crippen LogP contribution is 2.30. The Labute approximate surface area is 74.9 Å². The van der Waals surface area contributed by atoms with E-state index in [-0.39, 0.29) is 21.2 Å². The Kier molecular flexibility index (Phi) is 1.80. The van der Waals surface area contributed by atoms with Gasteiger partial charge >= 0.3 is 0 Å². The van der Waals surface area contributed by atoms with Gasteiger partial charge in [0, 0.05) is 0 Å². The van der Waals surface area contributed by atoms with Crippen LogP contribution in [0.3, 0.4) is 0 Å². The van der Waals surface area contributed by atoms with E-state index < -0.39 is 6.43 Å². The summed E-state index contributed by atoms with van der Waals surface area (Å²) in [5.74, 6) is -0.367. The smallest absolute Gasteiger partial charge is 0.289 e. The average molecular weight is 203 g/mol. The minimum Gasteiger partial charge on any atom is -0.492 e. The van der Waals surface area contributed by atoms with Crippen molar-refractivity contribution in [3.8, 4) is 5.88 Å². The molecule has 2 heterocycles. The fraction of sp³-hybridized carbons (Fsp3) is 0.167. The number of hydrogen-bond donors (Lipinski definition) is 1. The van der Waals surface area contributed by atoms with Crippen molar-refractivity contribution in [2.24, 2.45) is 0 Å². The molecule has 0 aliphatic rings. The molecule has 0 unspecified atom stereocenters. The zero-order valence-corrected chi connectivity index (χ0v) is 6.92. The Morgan fingerprint density at radius 1 is 1.38 bits per heavy atom. The summed E-state index contributed by atoms with van der Waals surface area (Å²) in [4.78, 5) is 10.9. The van der Waals surface area contributed by atoms with Crippen molar-refractivity contribution in [2.45, 2.75) is 6.43 Å². The van der Waals surface area contributed by atoms with Crippen molar-refractivity contribution in [3.63, 3.8) is 0 Å². The molecule has 0 saturated carbocycles. The Morgan fingerprint density at radius 3 is 2.77 bits per heavy atom. The van der Waals surface area contributed by atoms with Crippen molar-refractivity contribution in [2.75, 3.05) is 0 Å². The molecule has 1 N–H and O–H groups in total. The molecular weight excluding hydrogens is 200 g/mol. The monoisotopic (exact) mass is 203 g/mol. The summed E-state index contributed by atoms with van der Waals surface area (Å²) < 4.78 is 24.3. The van der Waals surface area contributed by atoms with E-state index in [1.165, 1.54) is 0 Å². The molecule has 0 aliphatic heterocycles. The summed E-state index contributed by atoms with van der Waals surface area (Å²) in [6.07, 6.45) is -1.54.